The summed E-state index contributed by atoms with van der Waals surface area (Å²) in [6.45, 7) is 7.25. The third kappa shape index (κ3) is 4.62. The quantitative estimate of drug-likeness (QED) is 0.797. The lowest BCUT2D eigenvalue weighted by molar-refractivity contribution is 0.329. The van der Waals surface area contributed by atoms with Gasteiger partial charge in [0.2, 0.25) is 0 Å². The summed E-state index contributed by atoms with van der Waals surface area (Å²) in [6, 6.07) is 6.59. The molecule has 0 bridgehead atoms. The van der Waals surface area contributed by atoms with Crippen LogP contribution in [-0.4, -0.2) is 13.7 Å². The van der Waals surface area contributed by atoms with Crippen molar-refractivity contribution in [3.63, 3.8) is 0 Å². The molecule has 102 valence electrons. The molecule has 1 atom stereocenters. The third-order valence-electron chi connectivity index (χ3n) is 3.03. The molecule has 0 aromatic heterocycles. The van der Waals surface area contributed by atoms with Gasteiger partial charge in [0.1, 0.15) is 5.75 Å². The Kier molecular flexibility index (Phi) is 6.72. The van der Waals surface area contributed by atoms with Crippen LogP contribution in [0.2, 0.25) is 0 Å². The molecule has 0 aliphatic heterocycles. The lowest BCUT2D eigenvalue weighted by Gasteiger charge is -2.21. The molecule has 0 saturated carbocycles. The number of ether oxygens (including phenoxy) is 1. The summed E-state index contributed by atoms with van der Waals surface area (Å²) in [5, 5.41) is 3.40. The first-order valence-corrected chi connectivity index (χ1v) is 7.47. The van der Waals surface area contributed by atoms with Crippen molar-refractivity contribution < 1.29 is 4.74 Å². The molecule has 2 nitrogen and oxygen atoms in total. The maximum atomic E-state index is 5.72. The fourth-order valence-corrected chi connectivity index (χ4v) is 2.41. The highest BCUT2D eigenvalue weighted by Crippen LogP contribution is 2.31. The van der Waals surface area contributed by atoms with E-state index in [0.717, 1.165) is 22.6 Å². The van der Waals surface area contributed by atoms with Gasteiger partial charge in [-0.2, -0.15) is 0 Å². The summed E-state index contributed by atoms with van der Waals surface area (Å²) in [5.41, 5.74) is 1.24. The van der Waals surface area contributed by atoms with Crippen LogP contribution in [0.4, 0.5) is 0 Å². The van der Waals surface area contributed by atoms with Crippen molar-refractivity contribution in [1.82, 2.24) is 5.32 Å². The third-order valence-corrected chi connectivity index (χ3v) is 3.52. The van der Waals surface area contributed by atoms with Gasteiger partial charge in [-0.15, -0.1) is 0 Å². The predicted molar refractivity (Wildman–Crippen MR) is 81.2 cm³/mol. The van der Waals surface area contributed by atoms with Gasteiger partial charge in [0.25, 0.3) is 0 Å². The van der Waals surface area contributed by atoms with E-state index in [9.17, 15) is 0 Å². The number of hydrogen-bond donors (Lipinski definition) is 1. The first kappa shape index (κ1) is 15.5. The molecule has 0 aliphatic carbocycles. The van der Waals surface area contributed by atoms with Crippen molar-refractivity contribution in [2.45, 2.75) is 39.7 Å². The van der Waals surface area contributed by atoms with E-state index in [2.05, 4.69) is 41.2 Å². The van der Waals surface area contributed by atoms with Crippen molar-refractivity contribution in [1.29, 1.82) is 0 Å². The number of hydrogen-bond acceptors (Lipinski definition) is 2. The van der Waals surface area contributed by atoms with Gasteiger partial charge in [-0.3, -0.25) is 0 Å². The molecule has 0 saturated heterocycles. The second-order valence-electron chi connectivity index (χ2n) is 4.93. The second-order valence-corrected chi connectivity index (χ2v) is 5.84. The topological polar surface area (TPSA) is 21.3 Å². The van der Waals surface area contributed by atoms with Gasteiger partial charge in [-0.05, 0) is 50.9 Å². The highest BCUT2D eigenvalue weighted by molar-refractivity contribution is 9.10. The van der Waals surface area contributed by atoms with Crippen LogP contribution >= 0.6 is 15.9 Å². The average molecular weight is 314 g/mol. The minimum absolute atomic E-state index is 0.353. The molecular formula is C15H24BrNO. The lowest BCUT2D eigenvalue weighted by atomic mass is 9.97. The minimum Gasteiger partial charge on any atom is -0.494 e. The fourth-order valence-electron chi connectivity index (χ4n) is 2.03. The lowest BCUT2D eigenvalue weighted by Crippen LogP contribution is -2.18. The van der Waals surface area contributed by atoms with Crippen LogP contribution in [0.15, 0.2) is 22.7 Å². The zero-order chi connectivity index (χ0) is 13.5. The highest BCUT2D eigenvalue weighted by Gasteiger charge is 2.15. The SMILES string of the molecule is CCOc1ccc(Br)cc1C(CCC(C)C)NC. The Morgan fingerprint density at radius 1 is 1.28 bits per heavy atom. The number of rotatable bonds is 7. The maximum Gasteiger partial charge on any atom is 0.124 e. The molecule has 1 unspecified atom stereocenters. The van der Waals surface area contributed by atoms with E-state index < -0.39 is 0 Å². The average Bonchev–Trinajstić information content (AvgIpc) is 2.33. The summed E-state index contributed by atoms with van der Waals surface area (Å²) >= 11 is 3.54. The van der Waals surface area contributed by atoms with E-state index in [1.165, 1.54) is 12.0 Å². The molecular weight excluding hydrogens is 290 g/mol. The molecule has 0 radical (unpaired) electrons. The summed E-state index contributed by atoms with van der Waals surface area (Å²) in [4.78, 5) is 0. The molecule has 0 amide bonds. The van der Waals surface area contributed by atoms with Crippen LogP contribution in [-0.2, 0) is 0 Å². The van der Waals surface area contributed by atoms with E-state index in [1.807, 2.05) is 26.1 Å². The van der Waals surface area contributed by atoms with Crippen molar-refractivity contribution in [3.8, 4) is 5.75 Å². The first-order chi connectivity index (χ1) is 8.58. The Hall–Kier alpha value is -0.540. The summed E-state index contributed by atoms with van der Waals surface area (Å²) in [5.74, 6) is 1.72. The Balaban J connectivity index is 2.91. The number of benzene rings is 1. The highest BCUT2D eigenvalue weighted by atomic mass is 79.9. The second kappa shape index (κ2) is 7.80. The van der Waals surface area contributed by atoms with Gasteiger partial charge in [0, 0.05) is 16.1 Å². The summed E-state index contributed by atoms with van der Waals surface area (Å²) < 4.78 is 6.82. The van der Waals surface area contributed by atoms with Gasteiger partial charge in [0.05, 0.1) is 6.61 Å². The molecule has 0 fully saturated rings. The summed E-state index contributed by atoms with van der Waals surface area (Å²) in [6.07, 6.45) is 2.34. The molecule has 1 aromatic carbocycles. The van der Waals surface area contributed by atoms with Crippen LogP contribution in [0.1, 0.15) is 45.2 Å². The molecule has 18 heavy (non-hydrogen) atoms. The Morgan fingerprint density at radius 3 is 2.56 bits per heavy atom. The molecule has 1 N–H and O–H groups in total. The Morgan fingerprint density at radius 2 is 2.00 bits per heavy atom. The summed E-state index contributed by atoms with van der Waals surface area (Å²) in [7, 11) is 2.02. The van der Waals surface area contributed by atoms with Crippen LogP contribution in [0, 0.1) is 5.92 Å². The fraction of sp³-hybridized carbons (Fsp3) is 0.600. The molecule has 1 aromatic rings. The largest absolute Gasteiger partial charge is 0.494 e. The van der Waals surface area contributed by atoms with Gasteiger partial charge in [0.15, 0.2) is 0 Å². The standard InChI is InChI=1S/C15H24BrNO/c1-5-18-15-9-7-12(16)10-13(15)14(17-4)8-6-11(2)3/h7,9-11,14,17H,5-6,8H2,1-4H3. The van der Waals surface area contributed by atoms with E-state index in [-0.39, 0.29) is 0 Å². The predicted octanol–water partition coefficient (Wildman–Crippen LogP) is 4.54. The smallest absolute Gasteiger partial charge is 0.124 e. The van der Waals surface area contributed by atoms with Crippen molar-refractivity contribution in [2.75, 3.05) is 13.7 Å². The Labute approximate surface area is 119 Å². The molecule has 0 aliphatic rings. The van der Waals surface area contributed by atoms with Crippen molar-refractivity contribution in [3.05, 3.63) is 28.2 Å². The van der Waals surface area contributed by atoms with Gasteiger partial charge < -0.3 is 10.1 Å². The number of halogens is 1. The zero-order valence-electron chi connectivity index (χ0n) is 11.8. The van der Waals surface area contributed by atoms with E-state index in [1.54, 1.807) is 0 Å². The van der Waals surface area contributed by atoms with Gasteiger partial charge in [-0.1, -0.05) is 29.8 Å². The van der Waals surface area contributed by atoms with E-state index in [0.29, 0.717) is 12.6 Å². The first-order valence-electron chi connectivity index (χ1n) is 6.68. The van der Waals surface area contributed by atoms with E-state index in [4.69, 9.17) is 4.74 Å². The molecule has 0 spiro atoms. The zero-order valence-corrected chi connectivity index (χ0v) is 13.4. The molecule has 3 heteroatoms. The van der Waals surface area contributed by atoms with Crippen LogP contribution in [0.25, 0.3) is 0 Å². The van der Waals surface area contributed by atoms with Crippen LogP contribution < -0.4 is 10.1 Å². The van der Waals surface area contributed by atoms with Gasteiger partial charge in [-0.25, -0.2) is 0 Å². The minimum atomic E-state index is 0.353. The van der Waals surface area contributed by atoms with Crippen molar-refractivity contribution >= 4 is 15.9 Å². The monoisotopic (exact) mass is 313 g/mol. The van der Waals surface area contributed by atoms with E-state index >= 15 is 0 Å². The molecule has 1 rings (SSSR count). The van der Waals surface area contributed by atoms with Crippen LogP contribution in [0.3, 0.4) is 0 Å². The number of nitrogens with one attached hydrogen (secondary N) is 1. The van der Waals surface area contributed by atoms with Crippen LogP contribution in [0.5, 0.6) is 5.75 Å². The Bertz CT molecular complexity index is 366. The van der Waals surface area contributed by atoms with Gasteiger partial charge >= 0.3 is 0 Å². The molecule has 0 heterocycles. The normalized spacial score (nSPS) is 12.8. The maximum absolute atomic E-state index is 5.72. The van der Waals surface area contributed by atoms with Crippen molar-refractivity contribution in [2.24, 2.45) is 5.92 Å².